The fourth-order valence-electron chi connectivity index (χ4n) is 2.27. The number of ether oxygens (including phenoxy) is 1. The first-order chi connectivity index (χ1) is 8.80. The third kappa shape index (κ3) is 5.33. The van der Waals surface area contributed by atoms with E-state index in [9.17, 15) is 4.79 Å². The second kappa shape index (κ2) is 6.60. The van der Waals surface area contributed by atoms with Gasteiger partial charge in [0.1, 0.15) is 6.61 Å². The van der Waals surface area contributed by atoms with E-state index < -0.39 is 0 Å². The number of carbonyl (C=O) groups excluding carboxylic acids is 1. The Bertz CT molecular complexity index is 399. The van der Waals surface area contributed by atoms with Gasteiger partial charge in [-0.15, -0.1) is 0 Å². The lowest BCUT2D eigenvalue weighted by molar-refractivity contribution is 0.118. The third-order valence-electron chi connectivity index (χ3n) is 3.09. The average molecular weight is 265 g/mol. The maximum atomic E-state index is 11.8. The Hall–Kier alpha value is -1.51. The number of carbonyl (C=O) groups is 1. The van der Waals surface area contributed by atoms with Gasteiger partial charge in [-0.3, -0.25) is 0 Å². The highest BCUT2D eigenvalue weighted by Gasteiger charge is 2.29. The van der Waals surface area contributed by atoms with Crippen molar-refractivity contribution < 1.29 is 11.0 Å². The first-order valence-electron chi connectivity index (χ1n) is 6.78. The van der Waals surface area contributed by atoms with Crippen LogP contribution in [0, 0.1) is 11.3 Å². The fourth-order valence-corrected chi connectivity index (χ4v) is 2.27. The lowest BCUT2D eigenvalue weighted by Gasteiger charge is -2.34. The molecular formula is C16H27NO2. The summed E-state index contributed by atoms with van der Waals surface area (Å²) < 4.78 is 5.25. The summed E-state index contributed by atoms with van der Waals surface area (Å²) in [7, 11) is 0. The van der Waals surface area contributed by atoms with Crippen molar-refractivity contribution in [2.45, 2.75) is 47.3 Å². The van der Waals surface area contributed by atoms with E-state index in [1.54, 1.807) is 0 Å². The van der Waals surface area contributed by atoms with E-state index in [2.05, 4.69) is 39.9 Å². The van der Waals surface area contributed by atoms with E-state index in [4.69, 9.17) is 4.74 Å². The zero-order valence-corrected chi connectivity index (χ0v) is 12.6. The topological polar surface area (TPSA) is 38.3 Å². The Morgan fingerprint density at radius 1 is 1.26 bits per heavy atom. The Labute approximate surface area is 117 Å². The molecule has 1 aromatic rings. The van der Waals surface area contributed by atoms with E-state index in [-0.39, 0.29) is 19.0 Å². The normalized spacial score (nSPS) is 13.2. The Morgan fingerprint density at radius 3 is 2.32 bits per heavy atom. The highest BCUT2D eigenvalue weighted by molar-refractivity contribution is 5.67. The number of nitrogens with one attached hydrogen (secondary N) is 1. The SMILES string of the molecule is CC(C)[C@H](NC(=O)OCc1ccccc1)C(C)(C)C.[HH]. The summed E-state index contributed by atoms with van der Waals surface area (Å²) in [6, 6.07) is 9.79. The molecule has 19 heavy (non-hydrogen) atoms. The molecule has 1 rings (SSSR count). The van der Waals surface area contributed by atoms with Crippen LogP contribution in [-0.4, -0.2) is 12.1 Å². The van der Waals surface area contributed by atoms with Crippen molar-refractivity contribution in [1.82, 2.24) is 5.32 Å². The smallest absolute Gasteiger partial charge is 0.407 e. The molecule has 0 spiro atoms. The minimum Gasteiger partial charge on any atom is -0.445 e. The van der Waals surface area contributed by atoms with Crippen molar-refractivity contribution >= 4 is 6.09 Å². The van der Waals surface area contributed by atoms with Crippen LogP contribution in [0.25, 0.3) is 0 Å². The minimum absolute atomic E-state index is 0. The molecular weight excluding hydrogens is 238 g/mol. The van der Waals surface area contributed by atoms with Crippen molar-refractivity contribution in [3.8, 4) is 0 Å². The molecule has 3 heteroatoms. The number of rotatable bonds is 4. The zero-order chi connectivity index (χ0) is 14.5. The predicted octanol–water partition coefficient (Wildman–Crippen LogP) is 4.23. The van der Waals surface area contributed by atoms with E-state index >= 15 is 0 Å². The molecule has 0 saturated carbocycles. The van der Waals surface area contributed by atoms with Crippen LogP contribution in [0.5, 0.6) is 0 Å². The summed E-state index contributed by atoms with van der Waals surface area (Å²) in [5.41, 5.74) is 1.01. The van der Waals surface area contributed by atoms with E-state index in [0.29, 0.717) is 12.5 Å². The number of alkyl carbamates (subject to hydrolysis) is 1. The lowest BCUT2D eigenvalue weighted by Crippen LogP contribution is -2.47. The van der Waals surface area contributed by atoms with Crippen molar-refractivity contribution in [1.29, 1.82) is 0 Å². The molecule has 0 radical (unpaired) electrons. The van der Waals surface area contributed by atoms with Gasteiger partial charge in [0.05, 0.1) is 0 Å². The molecule has 0 heterocycles. The molecule has 0 aromatic heterocycles. The van der Waals surface area contributed by atoms with E-state index in [0.717, 1.165) is 5.56 Å². The standard InChI is InChI=1S/C16H25NO2.H2/c1-12(2)14(16(3,4)5)17-15(18)19-11-13-9-7-6-8-10-13;/h6-10,12,14H,11H2,1-5H3,(H,17,18);1H/t14-;/m0./s1. The van der Waals surface area contributed by atoms with Crippen LogP contribution in [0.1, 0.15) is 41.6 Å². The number of hydrogen-bond donors (Lipinski definition) is 1. The lowest BCUT2D eigenvalue weighted by atomic mass is 9.80. The summed E-state index contributed by atoms with van der Waals surface area (Å²) in [6.07, 6.45) is -0.350. The Balaban J connectivity index is 0.00000361. The van der Waals surface area contributed by atoms with Crippen LogP contribution in [0.3, 0.4) is 0 Å². The maximum Gasteiger partial charge on any atom is 0.407 e. The molecule has 1 aromatic carbocycles. The molecule has 1 atom stereocenters. The van der Waals surface area contributed by atoms with Crippen LogP contribution < -0.4 is 5.32 Å². The Morgan fingerprint density at radius 2 is 1.84 bits per heavy atom. The van der Waals surface area contributed by atoms with Crippen LogP contribution in [0.4, 0.5) is 4.79 Å². The van der Waals surface area contributed by atoms with Crippen molar-refractivity contribution in [3.05, 3.63) is 35.9 Å². The summed E-state index contributed by atoms with van der Waals surface area (Å²) in [4.78, 5) is 11.8. The number of hydrogen-bond acceptors (Lipinski definition) is 2. The molecule has 0 fully saturated rings. The summed E-state index contributed by atoms with van der Waals surface area (Å²) in [6.45, 7) is 10.9. The van der Waals surface area contributed by atoms with Crippen LogP contribution in [-0.2, 0) is 11.3 Å². The van der Waals surface area contributed by atoms with E-state index in [1.807, 2.05) is 30.3 Å². The quantitative estimate of drug-likeness (QED) is 0.884. The molecule has 0 aliphatic rings. The minimum atomic E-state index is -0.350. The van der Waals surface area contributed by atoms with Gasteiger partial charge in [-0.1, -0.05) is 65.0 Å². The highest BCUT2D eigenvalue weighted by atomic mass is 16.5. The van der Waals surface area contributed by atoms with Crippen LogP contribution in [0.2, 0.25) is 0 Å². The van der Waals surface area contributed by atoms with Crippen molar-refractivity contribution in [3.63, 3.8) is 0 Å². The second-order valence-electron chi connectivity index (χ2n) is 6.29. The second-order valence-corrected chi connectivity index (χ2v) is 6.29. The molecule has 0 saturated heterocycles. The van der Waals surface area contributed by atoms with Crippen molar-refractivity contribution in [2.24, 2.45) is 11.3 Å². The molecule has 0 aliphatic heterocycles. The van der Waals surface area contributed by atoms with Gasteiger partial charge in [0, 0.05) is 7.47 Å². The first kappa shape index (κ1) is 15.5. The summed E-state index contributed by atoms with van der Waals surface area (Å²) in [5.74, 6) is 0.365. The van der Waals surface area contributed by atoms with Crippen LogP contribution >= 0.6 is 0 Å². The van der Waals surface area contributed by atoms with Crippen molar-refractivity contribution in [2.75, 3.05) is 0 Å². The first-order valence-corrected chi connectivity index (χ1v) is 6.78. The van der Waals surface area contributed by atoms with Gasteiger partial charge in [0.25, 0.3) is 0 Å². The Kier molecular flexibility index (Phi) is 5.40. The summed E-state index contributed by atoms with van der Waals surface area (Å²) >= 11 is 0. The molecule has 0 unspecified atom stereocenters. The molecule has 108 valence electrons. The summed E-state index contributed by atoms with van der Waals surface area (Å²) in [5, 5.41) is 2.97. The van der Waals surface area contributed by atoms with E-state index in [1.165, 1.54) is 0 Å². The third-order valence-corrected chi connectivity index (χ3v) is 3.09. The van der Waals surface area contributed by atoms with Gasteiger partial charge in [-0.2, -0.15) is 0 Å². The van der Waals surface area contributed by atoms with Gasteiger partial charge < -0.3 is 10.1 Å². The predicted molar refractivity (Wildman–Crippen MR) is 80.0 cm³/mol. The average Bonchev–Trinajstić information content (AvgIpc) is 2.33. The number of benzene rings is 1. The molecule has 0 aliphatic carbocycles. The maximum absolute atomic E-state index is 11.8. The molecule has 1 N–H and O–H groups in total. The number of amides is 1. The van der Waals surface area contributed by atoms with Crippen LogP contribution in [0.15, 0.2) is 30.3 Å². The zero-order valence-electron chi connectivity index (χ0n) is 12.6. The molecule has 1 amide bonds. The monoisotopic (exact) mass is 265 g/mol. The van der Waals surface area contributed by atoms with Gasteiger partial charge in [0.15, 0.2) is 0 Å². The van der Waals surface area contributed by atoms with Gasteiger partial charge >= 0.3 is 6.09 Å². The van der Waals surface area contributed by atoms with Gasteiger partial charge in [0.2, 0.25) is 0 Å². The van der Waals surface area contributed by atoms with Gasteiger partial charge in [-0.25, -0.2) is 4.79 Å². The fraction of sp³-hybridized carbons (Fsp3) is 0.562. The molecule has 3 nitrogen and oxygen atoms in total. The largest absolute Gasteiger partial charge is 0.445 e. The molecule has 0 bridgehead atoms. The highest BCUT2D eigenvalue weighted by Crippen LogP contribution is 2.25. The van der Waals surface area contributed by atoms with Gasteiger partial charge in [-0.05, 0) is 16.9 Å².